The van der Waals surface area contributed by atoms with Crippen LogP contribution in [0.3, 0.4) is 0 Å². The summed E-state index contributed by atoms with van der Waals surface area (Å²) >= 11 is 3.46. The number of nitriles is 1. The fourth-order valence-corrected chi connectivity index (χ4v) is 2.46. The minimum atomic E-state index is 0.160. The van der Waals surface area contributed by atoms with E-state index < -0.39 is 0 Å². The molecule has 0 aliphatic heterocycles. The molecule has 1 N–H and O–H groups in total. The van der Waals surface area contributed by atoms with E-state index in [-0.39, 0.29) is 6.04 Å². The molecule has 2 nitrogen and oxygen atoms in total. The maximum Gasteiger partial charge on any atom is 0.0991 e. The molecule has 96 valence electrons. The number of nitrogens with one attached hydrogen (secondary N) is 1. The van der Waals surface area contributed by atoms with E-state index in [0.717, 1.165) is 15.7 Å². The van der Waals surface area contributed by atoms with Gasteiger partial charge in [-0.15, -0.1) is 0 Å². The second-order valence-corrected chi connectivity index (χ2v) is 5.48. The van der Waals surface area contributed by atoms with Crippen LogP contribution in [0.5, 0.6) is 0 Å². The highest BCUT2D eigenvalue weighted by atomic mass is 79.9. The Morgan fingerprint density at radius 1 is 1.21 bits per heavy atom. The SMILES string of the molecule is Cc1cc(Br)ccc1NC(C)c1cccc(C#N)c1. The Morgan fingerprint density at radius 2 is 2.00 bits per heavy atom. The second kappa shape index (κ2) is 5.90. The van der Waals surface area contributed by atoms with Crippen molar-refractivity contribution in [2.75, 3.05) is 5.32 Å². The van der Waals surface area contributed by atoms with Crippen LogP contribution in [-0.4, -0.2) is 0 Å². The highest BCUT2D eigenvalue weighted by molar-refractivity contribution is 9.10. The van der Waals surface area contributed by atoms with E-state index in [1.54, 1.807) is 0 Å². The Labute approximate surface area is 122 Å². The van der Waals surface area contributed by atoms with Crippen LogP contribution >= 0.6 is 15.9 Å². The molecular weight excluding hydrogens is 300 g/mol. The Hall–Kier alpha value is -1.79. The van der Waals surface area contributed by atoms with Crippen molar-refractivity contribution in [2.45, 2.75) is 19.9 Å². The van der Waals surface area contributed by atoms with E-state index in [1.807, 2.05) is 30.3 Å². The first-order valence-corrected chi connectivity index (χ1v) is 6.92. The Balaban J connectivity index is 2.20. The van der Waals surface area contributed by atoms with Crippen LogP contribution in [0.15, 0.2) is 46.9 Å². The van der Waals surface area contributed by atoms with Crippen LogP contribution in [-0.2, 0) is 0 Å². The van der Waals surface area contributed by atoms with Crippen LogP contribution < -0.4 is 5.32 Å². The molecule has 0 spiro atoms. The van der Waals surface area contributed by atoms with Crippen molar-refractivity contribution in [3.63, 3.8) is 0 Å². The molecule has 0 aliphatic rings. The summed E-state index contributed by atoms with van der Waals surface area (Å²) in [6, 6.07) is 16.2. The van der Waals surface area contributed by atoms with Crippen LogP contribution in [0.4, 0.5) is 5.69 Å². The standard InChI is InChI=1S/C16H15BrN2/c1-11-8-15(17)6-7-16(11)19-12(2)14-5-3-4-13(9-14)10-18/h3-9,12,19H,1-2H3. The van der Waals surface area contributed by atoms with Crippen molar-refractivity contribution in [2.24, 2.45) is 0 Å². The second-order valence-electron chi connectivity index (χ2n) is 4.56. The summed E-state index contributed by atoms with van der Waals surface area (Å²) in [6.45, 7) is 4.17. The summed E-state index contributed by atoms with van der Waals surface area (Å²) in [6.07, 6.45) is 0. The number of benzene rings is 2. The minimum absolute atomic E-state index is 0.160. The molecule has 3 heteroatoms. The molecule has 0 saturated carbocycles. The van der Waals surface area contributed by atoms with Gasteiger partial charge in [0.05, 0.1) is 11.6 Å². The Kier molecular flexibility index (Phi) is 4.24. The molecule has 0 radical (unpaired) electrons. The first-order valence-electron chi connectivity index (χ1n) is 6.13. The van der Waals surface area contributed by atoms with Crippen molar-refractivity contribution in [3.05, 3.63) is 63.6 Å². The lowest BCUT2D eigenvalue weighted by molar-refractivity contribution is 0.882. The molecular formula is C16H15BrN2. The first-order chi connectivity index (χ1) is 9.10. The minimum Gasteiger partial charge on any atom is -0.378 e. The third kappa shape index (κ3) is 3.36. The summed E-state index contributed by atoms with van der Waals surface area (Å²) in [5.74, 6) is 0. The molecule has 0 bridgehead atoms. The number of rotatable bonds is 3. The largest absolute Gasteiger partial charge is 0.378 e. The van der Waals surface area contributed by atoms with E-state index in [4.69, 9.17) is 5.26 Å². The summed E-state index contributed by atoms with van der Waals surface area (Å²) < 4.78 is 1.08. The summed E-state index contributed by atoms with van der Waals surface area (Å²) in [7, 11) is 0. The van der Waals surface area contributed by atoms with Crippen LogP contribution in [0.2, 0.25) is 0 Å². The zero-order valence-corrected chi connectivity index (χ0v) is 12.5. The van der Waals surface area contributed by atoms with Crippen LogP contribution in [0, 0.1) is 18.3 Å². The molecule has 0 aliphatic carbocycles. The van der Waals surface area contributed by atoms with Gasteiger partial charge < -0.3 is 5.32 Å². The quantitative estimate of drug-likeness (QED) is 0.883. The molecule has 0 heterocycles. The summed E-state index contributed by atoms with van der Waals surface area (Å²) in [4.78, 5) is 0. The lowest BCUT2D eigenvalue weighted by Crippen LogP contribution is -2.07. The molecule has 2 aromatic rings. The summed E-state index contributed by atoms with van der Waals surface area (Å²) in [5, 5.41) is 12.4. The van der Waals surface area contributed by atoms with Gasteiger partial charge in [0.15, 0.2) is 0 Å². The highest BCUT2D eigenvalue weighted by Gasteiger charge is 2.07. The van der Waals surface area contributed by atoms with Crippen LogP contribution in [0.1, 0.15) is 29.7 Å². The van der Waals surface area contributed by atoms with Crippen molar-refractivity contribution in [3.8, 4) is 6.07 Å². The van der Waals surface area contributed by atoms with E-state index in [2.05, 4.69) is 53.3 Å². The molecule has 19 heavy (non-hydrogen) atoms. The normalized spacial score (nSPS) is 11.7. The predicted molar refractivity (Wildman–Crippen MR) is 82.1 cm³/mol. The molecule has 2 aromatic carbocycles. The highest BCUT2D eigenvalue weighted by Crippen LogP contribution is 2.25. The maximum absolute atomic E-state index is 8.93. The van der Waals surface area contributed by atoms with Gasteiger partial charge in [0.2, 0.25) is 0 Å². The van der Waals surface area contributed by atoms with Crippen molar-refractivity contribution < 1.29 is 0 Å². The van der Waals surface area contributed by atoms with Gasteiger partial charge in [0.1, 0.15) is 0 Å². The molecule has 0 aromatic heterocycles. The number of hydrogen-bond acceptors (Lipinski definition) is 2. The number of hydrogen-bond donors (Lipinski definition) is 1. The fraction of sp³-hybridized carbons (Fsp3) is 0.188. The van der Waals surface area contributed by atoms with Gasteiger partial charge in [-0.2, -0.15) is 5.26 Å². The summed E-state index contributed by atoms with van der Waals surface area (Å²) in [5.41, 5.74) is 4.11. The number of nitrogens with zero attached hydrogens (tertiary/aromatic N) is 1. The third-order valence-electron chi connectivity index (χ3n) is 3.08. The smallest absolute Gasteiger partial charge is 0.0991 e. The number of halogens is 1. The Bertz CT molecular complexity index is 629. The zero-order valence-electron chi connectivity index (χ0n) is 10.9. The van der Waals surface area contributed by atoms with Gasteiger partial charge in [-0.05, 0) is 55.3 Å². The molecule has 2 rings (SSSR count). The van der Waals surface area contributed by atoms with Crippen molar-refractivity contribution in [1.29, 1.82) is 5.26 Å². The van der Waals surface area contributed by atoms with E-state index in [1.165, 1.54) is 5.56 Å². The van der Waals surface area contributed by atoms with Crippen molar-refractivity contribution >= 4 is 21.6 Å². The van der Waals surface area contributed by atoms with Gasteiger partial charge in [-0.3, -0.25) is 0 Å². The van der Waals surface area contributed by atoms with Gasteiger partial charge in [-0.1, -0.05) is 28.1 Å². The molecule has 1 unspecified atom stereocenters. The van der Waals surface area contributed by atoms with E-state index in [9.17, 15) is 0 Å². The molecule has 1 atom stereocenters. The topological polar surface area (TPSA) is 35.8 Å². The first kappa shape index (κ1) is 13.6. The number of anilines is 1. The Morgan fingerprint density at radius 3 is 2.68 bits per heavy atom. The van der Waals surface area contributed by atoms with Gasteiger partial charge >= 0.3 is 0 Å². The van der Waals surface area contributed by atoms with Gasteiger partial charge in [0, 0.05) is 16.2 Å². The fourth-order valence-electron chi connectivity index (χ4n) is 1.98. The zero-order chi connectivity index (χ0) is 13.8. The van der Waals surface area contributed by atoms with Crippen LogP contribution in [0.25, 0.3) is 0 Å². The molecule has 0 amide bonds. The monoisotopic (exact) mass is 314 g/mol. The lowest BCUT2D eigenvalue weighted by Gasteiger charge is -2.17. The predicted octanol–water partition coefficient (Wildman–Crippen LogP) is 4.80. The maximum atomic E-state index is 8.93. The van der Waals surface area contributed by atoms with E-state index >= 15 is 0 Å². The van der Waals surface area contributed by atoms with Crippen molar-refractivity contribution in [1.82, 2.24) is 0 Å². The molecule has 0 saturated heterocycles. The number of aryl methyl sites for hydroxylation is 1. The van der Waals surface area contributed by atoms with Gasteiger partial charge in [0.25, 0.3) is 0 Å². The average molecular weight is 315 g/mol. The molecule has 0 fully saturated rings. The lowest BCUT2D eigenvalue weighted by atomic mass is 10.0. The van der Waals surface area contributed by atoms with E-state index in [0.29, 0.717) is 5.56 Å². The third-order valence-corrected chi connectivity index (χ3v) is 3.57. The van der Waals surface area contributed by atoms with Gasteiger partial charge in [-0.25, -0.2) is 0 Å². The average Bonchev–Trinajstić information content (AvgIpc) is 2.42.